The van der Waals surface area contributed by atoms with E-state index < -0.39 is 30.6 Å². The van der Waals surface area contributed by atoms with E-state index in [1.54, 1.807) is 4.90 Å². The number of hydrogen-bond donors (Lipinski definition) is 1. The third-order valence-electron chi connectivity index (χ3n) is 6.73. The molecule has 1 saturated heterocycles. The van der Waals surface area contributed by atoms with Gasteiger partial charge in [-0.15, -0.1) is 0 Å². The van der Waals surface area contributed by atoms with Crippen molar-refractivity contribution in [3.63, 3.8) is 0 Å². The summed E-state index contributed by atoms with van der Waals surface area (Å²) in [6.07, 6.45) is -1.06. The highest BCUT2D eigenvalue weighted by molar-refractivity contribution is 5.69. The van der Waals surface area contributed by atoms with E-state index >= 15 is 0 Å². The summed E-state index contributed by atoms with van der Waals surface area (Å²) < 4.78 is 23.9. The smallest absolute Gasteiger partial charge is 0.410 e. The highest BCUT2D eigenvalue weighted by atomic mass is 16.7. The third-order valence-corrected chi connectivity index (χ3v) is 6.73. The molecule has 4 rings (SSSR count). The Morgan fingerprint density at radius 1 is 0.976 bits per heavy atom. The molecule has 0 aromatic heterocycles. The molecule has 1 fully saturated rings. The molecule has 41 heavy (non-hydrogen) atoms. The molecule has 0 radical (unpaired) electrons. The Morgan fingerprint density at radius 3 is 2.15 bits per heavy atom. The molecule has 0 bridgehead atoms. The van der Waals surface area contributed by atoms with E-state index in [2.05, 4.69) is 10.0 Å². The van der Waals surface area contributed by atoms with Crippen LogP contribution in [0.5, 0.6) is 0 Å². The van der Waals surface area contributed by atoms with E-state index in [9.17, 15) is 4.79 Å². The molecule has 1 aliphatic rings. The topological polar surface area (TPSA) is 130 Å². The number of benzene rings is 3. The first-order valence-electron chi connectivity index (χ1n) is 13.6. The Morgan fingerprint density at radius 2 is 1.56 bits per heavy atom. The second-order valence-corrected chi connectivity index (χ2v) is 9.79. The first-order valence-corrected chi connectivity index (χ1v) is 13.6. The molecule has 214 valence electrons. The Balaban J connectivity index is 1.60. The highest BCUT2D eigenvalue weighted by Crippen LogP contribution is 2.29. The predicted molar refractivity (Wildman–Crippen MR) is 154 cm³/mol. The van der Waals surface area contributed by atoms with Gasteiger partial charge < -0.3 is 18.9 Å². The zero-order valence-corrected chi connectivity index (χ0v) is 23.0. The molecule has 0 saturated carbocycles. The van der Waals surface area contributed by atoms with Crippen molar-refractivity contribution in [2.45, 2.75) is 64.0 Å². The first-order chi connectivity index (χ1) is 20.0. The van der Waals surface area contributed by atoms with Crippen LogP contribution < -0.4 is 0 Å². The lowest BCUT2D eigenvalue weighted by molar-refractivity contribution is -0.187. The van der Waals surface area contributed by atoms with Crippen LogP contribution in [0.1, 0.15) is 36.5 Å². The Labute approximate surface area is 239 Å². The van der Waals surface area contributed by atoms with Crippen molar-refractivity contribution in [2.75, 3.05) is 6.61 Å². The summed E-state index contributed by atoms with van der Waals surface area (Å²) in [6, 6.07) is 27.8. The van der Waals surface area contributed by atoms with Crippen molar-refractivity contribution >= 4 is 12.0 Å². The number of nitrogens with zero attached hydrogens (tertiary/aromatic N) is 4. The maximum Gasteiger partial charge on any atom is 0.410 e. The van der Waals surface area contributed by atoms with E-state index in [1.807, 2.05) is 91.0 Å². The van der Waals surface area contributed by atoms with Crippen LogP contribution >= 0.6 is 0 Å². The van der Waals surface area contributed by atoms with Crippen LogP contribution in [0.15, 0.2) is 96.1 Å². The minimum Gasteiger partial charge on any atom is -0.452 e. The van der Waals surface area contributed by atoms with Gasteiger partial charge in [0.1, 0.15) is 6.61 Å². The molecular formula is C31H35N5O5. The maximum atomic E-state index is 13.7. The molecule has 3 aromatic rings. The number of carbonyl (C=O) groups is 1. The number of hydrogen-bond acceptors (Lipinski definition) is 7. The van der Waals surface area contributed by atoms with E-state index in [4.69, 9.17) is 29.9 Å². The van der Waals surface area contributed by atoms with Gasteiger partial charge in [0.15, 0.2) is 5.90 Å². The van der Waals surface area contributed by atoms with Gasteiger partial charge in [-0.25, -0.2) is 4.79 Å². The van der Waals surface area contributed by atoms with Crippen LogP contribution in [0.3, 0.4) is 0 Å². The van der Waals surface area contributed by atoms with Gasteiger partial charge in [-0.3, -0.25) is 10.3 Å². The number of azide groups is 1. The lowest BCUT2D eigenvalue weighted by Gasteiger charge is -2.41. The second kappa shape index (κ2) is 15.4. The van der Waals surface area contributed by atoms with Crippen LogP contribution in [0.2, 0.25) is 0 Å². The van der Waals surface area contributed by atoms with Gasteiger partial charge in [0.25, 0.3) is 0 Å². The zero-order valence-electron chi connectivity index (χ0n) is 23.0. The number of nitrogens with one attached hydrogen (secondary N) is 1. The van der Waals surface area contributed by atoms with Crippen molar-refractivity contribution in [1.29, 1.82) is 5.41 Å². The summed E-state index contributed by atoms with van der Waals surface area (Å²) in [6.45, 7) is 2.38. The highest BCUT2D eigenvalue weighted by Gasteiger charge is 2.40. The molecule has 10 heteroatoms. The average molecular weight is 558 g/mol. The van der Waals surface area contributed by atoms with Gasteiger partial charge in [0.05, 0.1) is 31.4 Å². The fourth-order valence-electron chi connectivity index (χ4n) is 4.71. The number of carbonyl (C=O) groups excluding carboxylic acids is 1. The average Bonchev–Trinajstić information content (AvgIpc) is 2.99. The fraction of sp³-hybridized carbons (Fsp3) is 0.355. The van der Waals surface area contributed by atoms with E-state index in [1.165, 1.54) is 6.92 Å². The first kappa shape index (κ1) is 29.6. The van der Waals surface area contributed by atoms with Crippen molar-refractivity contribution < 1.29 is 23.7 Å². The SMILES string of the molecule is CC(=N)OC1OC(C(COCc2ccccc2)N(Cc2ccccc2)C(=O)OCc2ccccc2)CCC1N=[N+]=[N-]. The summed E-state index contributed by atoms with van der Waals surface area (Å²) in [5, 5.41) is 11.6. The monoisotopic (exact) mass is 557 g/mol. The van der Waals surface area contributed by atoms with Gasteiger partial charge in [0, 0.05) is 18.4 Å². The van der Waals surface area contributed by atoms with Crippen molar-refractivity contribution in [3.05, 3.63) is 118 Å². The molecule has 4 atom stereocenters. The number of rotatable bonds is 12. The van der Waals surface area contributed by atoms with Crippen molar-refractivity contribution in [2.24, 2.45) is 5.11 Å². The standard InChI is InChI=1S/C31H35N5O5/c1-23(32)40-30-27(34-35-33)17-18-29(41-30)28(22-38-20-25-13-7-3-8-14-25)36(19-24-11-5-2-6-12-24)31(37)39-21-26-15-9-4-10-16-26/h2-16,27-30,32H,17-22H2,1H3. The van der Waals surface area contributed by atoms with E-state index in [-0.39, 0.29) is 25.7 Å². The lowest BCUT2D eigenvalue weighted by Crippen LogP contribution is -2.54. The Kier molecular flexibility index (Phi) is 11.1. The maximum absolute atomic E-state index is 13.7. The fourth-order valence-corrected chi connectivity index (χ4v) is 4.71. The second-order valence-electron chi connectivity index (χ2n) is 9.79. The van der Waals surface area contributed by atoms with Crippen LogP contribution in [0.4, 0.5) is 4.79 Å². The van der Waals surface area contributed by atoms with Crippen LogP contribution in [0.25, 0.3) is 10.4 Å². The molecule has 1 aliphatic heterocycles. The summed E-state index contributed by atoms with van der Waals surface area (Å²) >= 11 is 0. The Bertz CT molecular complexity index is 1290. The predicted octanol–water partition coefficient (Wildman–Crippen LogP) is 6.61. The molecule has 1 amide bonds. The summed E-state index contributed by atoms with van der Waals surface area (Å²) in [5.74, 6) is -0.0610. The third kappa shape index (κ3) is 9.08. The zero-order chi connectivity index (χ0) is 28.9. The molecule has 4 unspecified atom stereocenters. The van der Waals surface area contributed by atoms with Crippen LogP contribution in [-0.2, 0) is 38.7 Å². The number of amides is 1. The molecule has 0 aliphatic carbocycles. The van der Waals surface area contributed by atoms with Crippen LogP contribution in [-0.4, -0.2) is 48.0 Å². The van der Waals surface area contributed by atoms with E-state index in [0.29, 0.717) is 19.4 Å². The minimum atomic E-state index is -0.960. The van der Waals surface area contributed by atoms with Crippen LogP contribution in [0, 0.1) is 5.41 Å². The van der Waals surface area contributed by atoms with Gasteiger partial charge in [-0.2, -0.15) is 0 Å². The normalized spacial score (nSPS) is 18.9. The molecule has 0 spiro atoms. The molecular weight excluding hydrogens is 522 g/mol. The number of ether oxygens (including phenoxy) is 4. The molecule has 3 aromatic carbocycles. The van der Waals surface area contributed by atoms with Crippen molar-refractivity contribution in [1.82, 2.24) is 4.90 Å². The summed E-state index contributed by atoms with van der Waals surface area (Å²) in [4.78, 5) is 18.3. The van der Waals surface area contributed by atoms with Gasteiger partial charge in [0.2, 0.25) is 6.29 Å². The lowest BCUT2D eigenvalue weighted by atomic mass is 9.97. The van der Waals surface area contributed by atoms with Crippen molar-refractivity contribution in [3.8, 4) is 0 Å². The van der Waals surface area contributed by atoms with E-state index in [0.717, 1.165) is 16.7 Å². The minimum absolute atomic E-state index is 0.0610. The Hall–Kier alpha value is -4.37. The van der Waals surface area contributed by atoms with Gasteiger partial charge in [-0.05, 0) is 35.1 Å². The van der Waals surface area contributed by atoms with Gasteiger partial charge in [-0.1, -0.05) is 96.1 Å². The largest absolute Gasteiger partial charge is 0.452 e. The van der Waals surface area contributed by atoms with Gasteiger partial charge >= 0.3 is 6.09 Å². The molecule has 1 heterocycles. The quantitative estimate of drug-likeness (QED) is 0.0880. The summed E-state index contributed by atoms with van der Waals surface area (Å²) in [5.41, 5.74) is 11.8. The molecule has 1 N–H and O–H groups in total. The summed E-state index contributed by atoms with van der Waals surface area (Å²) in [7, 11) is 0. The molecule has 10 nitrogen and oxygen atoms in total.